The molecule has 0 fully saturated rings. The predicted molar refractivity (Wildman–Crippen MR) is 97.4 cm³/mol. The lowest BCUT2D eigenvalue weighted by atomic mass is 10.2. The van der Waals surface area contributed by atoms with Crippen LogP contribution in [0, 0.1) is 11.3 Å². The molecule has 0 atom stereocenters. The van der Waals surface area contributed by atoms with Crippen LogP contribution in [0.2, 0.25) is 0 Å². The van der Waals surface area contributed by atoms with Crippen molar-refractivity contribution in [2.24, 2.45) is 0 Å². The summed E-state index contributed by atoms with van der Waals surface area (Å²) in [5.74, 6) is -0.448. The summed E-state index contributed by atoms with van der Waals surface area (Å²) >= 11 is 6.72. The molecule has 1 amide bonds. The topological polar surface area (TPSA) is 64.9 Å². The molecule has 116 valence electrons. The highest BCUT2D eigenvalue weighted by Gasteiger charge is 2.09. The van der Waals surface area contributed by atoms with E-state index in [9.17, 15) is 4.79 Å². The van der Waals surface area contributed by atoms with Crippen molar-refractivity contribution < 1.29 is 4.79 Å². The van der Waals surface area contributed by atoms with Gasteiger partial charge in [-0.15, -0.1) is 0 Å². The first-order valence-corrected chi connectivity index (χ1v) is 8.32. The van der Waals surface area contributed by atoms with Crippen LogP contribution in [0.15, 0.2) is 69.2 Å². The van der Waals surface area contributed by atoms with Gasteiger partial charge in [-0.05, 0) is 42.0 Å². The standard InChI is InChI=1S/C17H13Br2N3O/c18-14-4-6-16(7-5-14)22-17(23)13(9-20)11-21-10-12-2-1-3-15(19)8-12/h1-8,11,21H,10H2,(H,22,23)/b13-11-. The molecule has 2 N–H and O–H groups in total. The summed E-state index contributed by atoms with van der Waals surface area (Å²) in [5.41, 5.74) is 1.69. The van der Waals surface area contributed by atoms with E-state index in [-0.39, 0.29) is 5.57 Å². The third kappa shape index (κ3) is 5.55. The normalized spacial score (nSPS) is 10.7. The molecule has 0 aliphatic heterocycles. The molecule has 0 aliphatic rings. The van der Waals surface area contributed by atoms with Crippen LogP contribution in [-0.4, -0.2) is 5.91 Å². The molecule has 6 heteroatoms. The zero-order chi connectivity index (χ0) is 16.7. The summed E-state index contributed by atoms with van der Waals surface area (Å²) in [6.07, 6.45) is 1.43. The van der Waals surface area contributed by atoms with Gasteiger partial charge in [-0.25, -0.2) is 0 Å². The summed E-state index contributed by atoms with van der Waals surface area (Å²) in [6, 6.07) is 16.8. The molecule has 0 heterocycles. The highest BCUT2D eigenvalue weighted by Crippen LogP contribution is 2.15. The number of hydrogen-bond acceptors (Lipinski definition) is 3. The Labute approximate surface area is 151 Å². The predicted octanol–water partition coefficient (Wildman–Crippen LogP) is 4.35. The van der Waals surface area contributed by atoms with Crippen molar-refractivity contribution >= 4 is 43.5 Å². The SMILES string of the molecule is N#C/C(=C/NCc1cccc(Br)c1)C(=O)Nc1ccc(Br)cc1. The van der Waals surface area contributed by atoms with Crippen molar-refractivity contribution in [2.75, 3.05) is 5.32 Å². The third-order valence-corrected chi connectivity index (χ3v) is 3.93. The Morgan fingerprint density at radius 1 is 1.13 bits per heavy atom. The monoisotopic (exact) mass is 433 g/mol. The number of rotatable bonds is 5. The van der Waals surface area contributed by atoms with Crippen molar-refractivity contribution in [1.29, 1.82) is 5.26 Å². The van der Waals surface area contributed by atoms with Crippen molar-refractivity contribution in [2.45, 2.75) is 6.54 Å². The number of anilines is 1. The zero-order valence-corrected chi connectivity index (χ0v) is 15.2. The van der Waals surface area contributed by atoms with Crippen molar-refractivity contribution in [3.63, 3.8) is 0 Å². The minimum Gasteiger partial charge on any atom is -0.386 e. The van der Waals surface area contributed by atoms with Gasteiger partial charge in [0.05, 0.1) is 0 Å². The zero-order valence-electron chi connectivity index (χ0n) is 12.0. The van der Waals surface area contributed by atoms with Crippen LogP contribution in [-0.2, 0) is 11.3 Å². The fourth-order valence-electron chi connectivity index (χ4n) is 1.80. The Kier molecular flexibility index (Phi) is 6.39. The van der Waals surface area contributed by atoms with Crippen molar-refractivity contribution in [1.82, 2.24) is 5.32 Å². The Bertz CT molecular complexity index is 764. The van der Waals surface area contributed by atoms with Crippen LogP contribution >= 0.6 is 31.9 Å². The first-order chi connectivity index (χ1) is 11.1. The van der Waals surface area contributed by atoms with Gasteiger partial charge in [0.2, 0.25) is 0 Å². The maximum atomic E-state index is 12.1. The van der Waals surface area contributed by atoms with Gasteiger partial charge in [-0.3, -0.25) is 4.79 Å². The average molecular weight is 435 g/mol. The van der Waals surface area contributed by atoms with E-state index in [2.05, 4.69) is 42.5 Å². The highest BCUT2D eigenvalue weighted by molar-refractivity contribution is 9.10. The molecular formula is C17H13Br2N3O. The summed E-state index contributed by atoms with van der Waals surface area (Å²) < 4.78 is 1.90. The number of halogens is 2. The van der Waals surface area contributed by atoms with E-state index in [1.807, 2.05) is 42.5 Å². The average Bonchev–Trinajstić information content (AvgIpc) is 2.54. The Hall–Kier alpha value is -2.10. The number of hydrogen-bond donors (Lipinski definition) is 2. The minimum absolute atomic E-state index is 0.0166. The second kappa shape index (κ2) is 8.51. The Balaban J connectivity index is 1.96. The van der Waals surface area contributed by atoms with E-state index in [0.717, 1.165) is 14.5 Å². The molecule has 0 bridgehead atoms. The molecule has 0 aromatic heterocycles. The van der Waals surface area contributed by atoms with Gasteiger partial charge in [0.25, 0.3) is 5.91 Å². The van der Waals surface area contributed by atoms with Crippen LogP contribution in [0.3, 0.4) is 0 Å². The lowest BCUT2D eigenvalue weighted by molar-refractivity contribution is -0.112. The van der Waals surface area contributed by atoms with Gasteiger partial charge < -0.3 is 10.6 Å². The number of benzene rings is 2. The molecule has 0 spiro atoms. The van der Waals surface area contributed by atoms with E-state index in [4.69, 9.17) is 5.26 Å². The lowest BCUT2D eigenvalue weighted by Gasteiger charge is -2.06. The lowest BCUT2D eigenvalue weighted by Crippen LogP contribution is -2.16. The number of amides is 1. The van der Waals surface area contributed by atoms with Gasteiger partial charge in [0, 0.05) is 27.4 Å². The molecule has 0 saturated heterocycles. The van der Waals surface area contributed by atoms with Crippen LogP contribution in [0.25, 0.3) is 0 Å². The first-order valence-electron chi connectivity index (χ1n) is 6.73. The smallest absolute Gasteiger partial charge is 0.267 e. The van der Waals surface area contributed by atoms with E-state index in [1.165, 1.54) is 6.20 Å². The molecule has 2 aromatic carbocycles. The summed E-state index contributed by atoms with van der Waals surface area (Å²) in [5, 5.41) is 14.8. The number of nitriles is 1. The quantitative estimate of drug-likeness (QED) is 0.543. The molecule has 0 aliphatic carbocycles. The van der Waals surface area contributed by atoms with Gasteiger partial charge in [0.1, 0.15) is 11.6 Å². The molecule has 2 rings (SSSR count). The van der Waals surface area contributed by atoms with Gasteiger partial charge in [-0.2, -0.15) is 5.26 Å². The van der Waals surface area contributed by atoms with E-state index in [0.29, 0.717) is 12.2 Å². The maximum Gasteiger partial charge on any atom is 0.267 e. The second-order valence-corrected chi connectivity index (χ2v) is 6.47. The molecule has 2 aromatic rings. The molecule has 23 heavy (non-hydrogen) atoms. The summed E-state index contributed by atoms with van der Waals surface area (Å²) in [7, 11) is 0. The van der Waals surface area contributed by atoms with Crippen LogP contribution in [0.1, 0.15) is 5.56 Å². The van der Waals surface area contributed by atoms with Crippen LogP contribution < -0.4 is 10.6 Å². The largest absolute Gasteiger partial charge is 0.386 e. The van der Waals surface area contributed by atoms with Crippen molar-refractivity contribution in [3.8, 4) is 6.07 Å². The molecule has 0 unspecified atom stereocenters. The van der Waals surface area contributed by atoms with Crippen LogP contribution in [0.4, 0.5) is 5.69 Å². The molecular weight excluding hydrogens is 422 g/mol. The molecule has 0 saturated carbocycles. The van der Waals surface area contributed by atoms with E-state index >= 15 is 0 Å². The Morgan fingerprint density at radius 3 is 2.52 bits per heavy atom. The summed E-state index contributed by atoms with van der Waals surface area (Å²) in [4.78, 5) is 12.1. The van der Waals surface area contributed by atoms with Crippen LogP contribution in [0.5, 0.6) is 0 Å². The number of nitrogens with zero attached hydrogens (tertiary/aromatic N) is 1. The van der Waals surface area contributed by atoms with Gasteiger partial charge >= 0.3 is 0 Å². The highest BCUT2D eigenvalue weighted by atomic mass is 79.9. The number of nitrogens with one attached hydrogen (secondary N) is 2. The van der Waals surface area contributed by atoms with Crippen molar-refractivity contribution in [3.05, 3.63) is 74.8 Å². The molecule has 4 nitrogen and oxygen atoms in total. The molecule has 0 radical (unpaired) electrons. The fraction of sp³-hybridized carbons (Fsp3) is 0.0588. The van der Waals surface area contributed by atoms with E-state index < -0.39 is 5.91 Å². The fourth-order valence-corrected chi connectivity index (χ4v) is 2.51. The summed E-state index contributed by atoms with van der Waals surface area (Å²) in [6.45, 7) is 0.524. The maximum absolute atomic E-state index is 12.1. The third-order valence-electron chi connectivity index (χ3n) is 2.91. The second-order valence-electron chi connectivity index (χ2n) is 4.64. The Morgan fingerprint density at radius 2 is 1.87 bits per heavy atom. The number of carbonyl (C=O) groups excluding carboxylic acids is 1. The first kappa shape index (κ1) is 17.3. The minimum atomic E-state index is -0.448. The number of carbonyl (C=O) groups is 1. The van der Waals surface area contributed by atoms with Gasteiger partial charge in [0.15, 0.2) is 0 Å². The van der Waals surface area contributed by atoms with E-state index in [1.54, 1.807) is 12.1 Å². The van der Waals surface area contributed by atoms with Gasteiger partial charge in [-0.1, -0.05) is 44.0 Å².